The number of hydrogen-bond donors (Lipinski definition) is 1. The van der Waals surface area contributed by atoms with Crippen LogP contribution in [0.25, 0.3) is 5.69 Å². The first-order valence-corrected chi connectivity index (χ1v) is 8.45. The molecule has 0 aliphatic carbocycles. The summed E-state index contributed by atoms with van der Waals surface area (Å²) in [7, 11) is 0. The third kappa shape index (κ3) is 4.36. The van der Waals surface area contributed by atoms with Gasteiger partial charge in [-0.05, 0) is 28.9 Å². The molecule has 0 fully saturated rings. The van der Waals surface area contributed by atoms with Gasteiger partial charge >= 0.3 is 0 Å². The lowest BCUT2D eigenvalue weighted by atomic mass is 10.3. The highest BCUT2D eigenvalue weighted by Crippen LogP contribution is 2.24. The molecule has 128 valence electrons. The highest BCUT2D eigenvalue weighted by molar-refractivity contribution is 7.99. The molecule has 1 amide bonds. The first kappa shape index (κ1) is 17.0. The van der Waals surface area contributed by atoms with Gasteiger partial charge in [0.25, 0.3) is 5.03 Å². The molecule has 3 aromatic rings. The number of carbonyl (C=O) groups is 1. The third-order valence-electron chi connectivity index (χ3n) is 3.27. The van der Waals surface area contributed by atoms with E-state index in [1.165, 1.54) is 40.7 Å². The average Bonchev–Trinajstić information content (AvgIpc) is 2.99. The summed E-state index contributed by atoms with van der Waals surface area (Å²) in [4.78, 5) is 11.9. The predicted octanol–water partition coefficient (Wildman–Crippen LogP) is 2.28. The summed E-state index contributed by atoms with van der Waals surface area (Å²) in [5, 5.41) is 18.5. The molecule has 0 aliphatic heterocycles. The van der Waals surface area contributed by atoms with E-state index in [9.17, 15) is 14.3 Å². The number of anilines is 1. The Morgan fingerprint density at radius 2 is 1.92 bits per heavy atom. The number of benzene rings is 2. The van der Waals surface area contributed by atoms with Crippen LogP contribution in [0.2, 0.25) is 0 Å². The zero-order valence-corrected chi connectivity index (χ0v) is 13.8. The van der Waals surface area contributed by atoms with Crippen LogP contribution in [0, 0.1) is 5.82 Å². The number of amides is 1. The van der Waals surface area contributed by atoms with E-state index in [-0.39, 0.29) is 18.1 Å². The number of nitrogens with one attached hydrogen (secondary N) is 1. The van der Waals surface area contributed by atoms with Gasteiger partial charge in [0.1, 0.15) is 5.82 Å². The van der Waals surface area contributed by atoms with Crippen molar-refractivity contribution in [1.82, 2.24) is 5.27 Å². The molecule has 0 radical (unpaired) electrons. The molecule has 2 aromatic carbocycles. The van der Waals surface area contributed by atoms with Crippen molar-refractivity contribution >= 4 is 23.4 Å². The molecule has 1 aromatic heterocycles. The minimum atomic E-state index is -0.548. The lowest BCUT2D eigenvalue weighted by Crippen LogP contribution is -2.34. The van der Waals surface area contributed by atoms with Gasteiger partial charge in [0, 0.05) is 30.0 Å². The fourth-order valence-corrected chi connectivity index (χ4v) is 2.99. The standard InChI is InChI=1S/C17H14FN3O3S/c18-12-6-8-13(9-7-12)19-15(22)10-11-25-16-17(23)24-20-21(16)14-4-2-1-3-5-14/h1-9H,10-11H2,(H-,19,20,22,23). The van der Waals surface area contributed by atoms with Gasteiger partial charge in [0.15, 0.2) is 5.95 Å². The maximum atomic E-state index is 12.8. The second kappa shape index (κ2) is 7.80. The molecule has 1 N–H and O–H groups in total. The van der Waals surface area contributed by atoms with Crippen molar-refractivity contribution in [3.63, 3.8) is 0 Å². The Morgan fingerprint density at radius 3 is 2.64 bits per heavy atom. The molecule has 0 spiro atoms. The Bertz CT molecular complexity index is 853. The van der Waals surface area contributed by atoms with Crippen LogP contribution in [0.5, 0.6) is 5.95 Å². The van der Waals surface area contributed by atoms with Crippen molar-refractivity contribution in [3.05, 3.63) is 60.4 Å². The van der Waals surface area contributed by atoms with E-state index >= 15 is 0 Å². The van der Waals surface area contributed by atoms with Crippen LogP contribution in [0.4, 0.5) is 10.1 Å². The molecule has 0 aliphatic rings. The van der Waals surface area contributed by atoms with Crippen LogP contribution in [-0.2, 0) is 4.79 Å². The zero-order valence-electron chi connectivity index (χ0n) is 13.0. The van der Waals surface area contributed by atoms with E-state index < -0.39 is 5.95 Å². The van der Waals surface area contributed by atoms with Crippen molar-refractivity contribution in [1.29, 1.82) is 0 Å². The van der Waals surface area contributed by atoms with Crippen LogP contribution in [0.15, 0.2) is 64.1 Å². The van der Waals surface area contributed by atoms with E-state index in [2.05, 4.69) is 10.6 Å². The predicted molar refractivity (Wildman–Crippen MR) is 87.9 cm³/mol. The third-order valence-corrected chi connectivity index (χ3v) is 4.29. The Balaban J connectivity index is 1.58. The molecule has 1 heterocycles. The number of rotatable bonds is 6. The summed E-state index contributed by atoms with van der Waals surface area (Å²) in [6.45, 7) is 0. The smallest absolute Gasteiger partial charge is 0.297 e. The molecule has 0 bridgehead atoms. The lowest BCUT2D eigenvalue weighted by molar-refractivity contribution is -0.705. The minimum Gasteiger partial charge on any atom is -0.538 e. The van der Waals surface area contributed by atoms with E-state index in [4.69, 9.17) is 4.52 Å². The fraction of sp³-hybridized carbons (Fsp3) is 0.118. The van der Waals surface area contributed by atoms with Gasteiger partial charge in [-0.15, -0.1) is 0 Å². The number of aromatic nitrogens is 2. The van der Waals surface area contributed by atoms with Gasteiger partial charge < -0.3 is 14.9 Å². The number of hydrogen-bond acceptors (Lipinski definition) is 5. The number of para-hydroxylation sites is 1. The number of halogens is 1. The summed E-state index contributed by atoms with van der Waals surface area (Å²) in [6.07, 6.45) is 0.182. The number of carbonyl (C=O) groups excluding carboxylic acids is 1. The summed E-state index contributed by atoms with van der Waals surface area (Å²) in [6, 6.07) is 14.6. The fourth-order valence-electron chi connectivity index (χ4n) is 2.09. The van der Waals surface area contributed by atoms with Crippen LogP contribution in [0.1, 0.15) is 6.42 Å². The molecule has 3 rings (SSSR count). The molecule has 6 nitrogen and oxygen atoms in total. The van der Waals surface area contributed by atoms with E-state index in [0.717, 1.165) is 0 Å². The van der Waals surface area contributed by atoms with E-state index in [0.29, 0.717) is 22.2 Å². The Labute approximate surface area is 147 Å². The van der Waals surface area contributed by atoms with Gasteiger partial charge in [0.2, 0.25) is 11.6 Å². The van der Waals surface area contributed by atoms with Gasteiger partial charge in [-0.25, -0.2) is 4.39 Å². The molecule has 8 heteroatoms. The highest BCUT2D eigenvalue weighted by Gasteiger charge is 2.20. The molecular weight excluding hydrogens is 345 g/mol. The summed E-state index contributed by atoms with van der Waals surface area (Å²) >= 11 is 1.19. The first-order chi connectivity index (χ1) is 12.1. The maximum absolute atomic E-state index is 12.8. The largest absolute Gasteiger partial charge is 0.538 e. The van der Waals surface area contributed by atoms with Gasteiger partial charge in [0.05, 0.1) is 5.27 Å². The average molecular weight is 359 g/mol. The normalized spacial score (nSPS) is 10.6. The Hall–Kier alpha value is -2.87. The van der Waals surface area contributed by atoms with Crippen molar-refractivity contribution in [2.24, 2.45) is 0 Å². The van der Waals surface area contributed by atoms with Gasteiger partial charge in [-0.3, -0.25) is 4.79 Å². The quantitative estimate of drug-likeness (QED) is 0.539. The number of thioether (sulfide) groups is 1. The SMILES string of the molecule is O=C(CCSc1c([O-])on[n+]1-c1ccccc1)Nc1ccc(F)cc1. The highest BCUT2D eigenvalue weighted by atomic mass is 32.2. The summed E-state index contributed by atoms with van der Waals surface area (Å²) < 4.78 is 19.0. The van der Waals surface area contributed by atoms with Gasteiger partial charge in [-0.2, -0.15) is 0 Å². The summed E-state index contributed by atoms with van der Waals surface area (Å²) in [5.41, 5.74) is 1.22. The first-order valence-electron chi connectivity index (χ1n) is 7.46. The maximum Gasteiger partial charge on any atom is 0.297 e. The van der Waals surface area contributed by atoms with Crippen molar-refractivity contribution in [2.75, 3.05) is 11.1 Å². The van der Waals surface area contributed by atoms with Crippen molar-refractivity contribution in [2.45, 2.75) is 11.4 Å². The molecular formula is C17H14FN3O3S. The van der Waals surface area contributed by atoms with E-state index in [1.807, 2.05) is 18.2 Å². The summed E-state index contributed by atoms with van der Waals surface area (Å²) in [5.74, 6) is -0.771. The van der Waals surface area contributed by atoms with E-state index in [1.54, 1.807) is 12.1 Å². The van der Waals surface area contributed by atoms with Crippen molar-refractivity contribution in [3.8, 4) is 11.6 Å². The zero-order chi connectivity index (χ0) is 17.6. The second-order valence-electron chi connectivity index (χ2n) is 5.07. The second-order valence-corrected chi connectivity index (χ2v) is 6.15. The molecule has 0 saturated carbocycles. The lowest BCUT2D eigenvalue weighted by Gasteiger charge is -2.04. The van der Waals surface area contributed by atoms with Crippen LogP contribution in [0.3, 0.4) is 0 Å². The van der Waals surface area contributed by atoms with Crippen molar-refractivity contribution < 1.29 is 23.5 Å². The van der Waals surface area contributed by atoms with Crippen LogP contribution in [-0.4, -0.2) is 16.9 Å². The minimum absolute atomic E-state index is 0.182. The van der Waals surface area contributed by atoms with Crippen LogP contribution < -0.4 is 15.1 Å². The Morgan fingerprint density at radius 1 is 1.20 bits per heavy atom. The topological polar surface area (TPSA) is 82.1 Å². The van der Waals surface area contributed by atoms with Crippen LogP contribution >= 0.6 is 11.8 Å². The number of nitrogens with zero attached hydrogens (tertiary/aromatic N) is 2. The Kier molecular flexibility index (Phi) is 5.30. The molecule has 25 heavy (non-hydrogen) atoms. The molecule has 0 saturated heterocycles. The van der Waals surface area contributed by atoms with Gasteiger partial charge in [-0.1, -0.05) is 30.0 Å². The molecule has 0 atom stereocenters. The monoisotopic (exact) mass is 359 g/mol. The molecule has 0 unspecified atom stereocenters.